The second kappa shape index (κ2) is 10.8. The van der Waals surface area contributed by atoms with Gasteiger partial charge in [0.25, 0.3) is 0 Å². The number of benzene rings is 2. The fourth-order valence-corrected chi connectivity index (χ4v) is 6.21. The van der Waals surface area contributed by atoms with E-state index in [1.165, 1.54) is 11.8 Å². The van der Waals surface area contributed by atoms with E-state index >= 15 is 0 Å². The zero-order chi connectivity index (χ0) is 25.9. The van der Waals surface area contributed by atoms with Crippen LogP contribution in [0.25, 0.3) is 5.57 Å². The van der Waals surface area contributed by atoms with Crippen LogP contribution in [0.5, 0.6) is 0 Å². The number of rotatable bonds is 7. The van der Waals surface area contributed by atoms with Crippen molar-refractivity contribution >= 4 is 32.5 Å². The number of oxime groups is 1. The van der Waals surface area contributed by atoms with Crippen molar-refractivity contribution in [2.24, 2.45) is 5.16 Å². The summed E-state index contributed by atoms with van der Waals surface area (Å²) in [7, 11) is -4.16. The van der Waals surface area contributed by atoms with Gasteiger partial charge in [0.1, 0.15) is 16.0 Å². The molecule has 0 amide bonds. The second-order valence-electron chi connectivity index (χ2n) is 9.55. The van der Waals surface area contributed by atoms with E-state index in [0.29, 0.717) is 15.5 Å². The second-order valence-corrected chi connectivity index (χ2v) is 12.1. The molecule has 0 aromatic heterocycles. The molecular formula is C28H32N2O3S2. The van der Waals surface area contributed by atoms with Gasteiger partial charge in [-0.2, -0.15) is 13.7 Å². The molecule has 2 aromatic rings. The number of allylic oxidation sites excluding steroid dienone is 2. The zero-order valence-electron chi connectivity index (χ0n) is 21.3. The van der Waals surface area contributed by atoms with Crippen molar-refractivity contribution in [2.75, 3.05) is 0 Å². The van der Waals surface area contributed by atoms with Gasteiger partial charge in [-0.05, 0) is 64.6 Å². The van der Waals surface area contributed by atoms with Crippen LogP contribution in [-0.2, 0) is 14.4 Å². The average molecular weight is 509 g/mol. The van der Waals surface area contributed by atoms with Crippen molar-refractivity contribution in [2.45, 2.75) is 71.1 Å². The van der Waals surface area contributed by atoms with Crippen LogP contribution in [0.2, 0.25) is 0 Å². The number of thioether (sulfide) groups is 1. The Morgan fingerprint density at radius 2 is 1.57 bits per heavy atom. The van der Waals surface area contributed by atoms with Crippen molar-refractivity contribution in [3.05, 3.63) is 81.3 Å². The molecule has 0 fully saturated rings. The van der Waals surface area contributed by atoms with Crippen LogP contribution >= 0.6 is 11.8 Å². The summed E-state index contributed by atoms with van der Waals surface area (Å²) in [6.07, 6.45) is 3.43. The third-order valence-electron chi connectivity index (χ3n) is 5.92. The van der Waals surface area contributed by atoms with Crippen molar-refractivity contribution in [1.82, 2.24) is 0 Å². The van der Waals surface area contributed by atoms with Crippen molar-refractivity contribution < 1.29 is 12.7 Å². The molecule has 1 aliphatic rings. The highest BCUT2D eigenvalue weighted by Gasteiger charge is 2.29. The topological polar surface area (TPSA) is 79.5 Å². The van der Waals surface area contributed by atoms with Crippen LogP contribution in [0.1, 0.15) is 87.1 Å². The van der Waals surface area contributed by atoms with Gasteiger partial charge in [-0.3, -0.25) is 4.28 Å². The zero-order valence-corrected chi connectivity index (χ0v) is 22.9. The number of nitriles is 1. The first-order valence-electron chi connectivity index (χ1n) is 11.7. The van der Waals surface area contributed by atoms with E-state index in [0.717, 1.165) is 27.8 Å². The number of aryl methyl sites for hydroxylation is 1. The fraction of sp³-hybridized carbons (Fsp3) is 0.357. The molecule has 0 saturated heterocycles. The molecule has 0 saturated carbocycles. The summed E-state index contributed by atoms with van der Waals surface area (Å²) in [6, 6.07) is 13.9. The molecule has 3 rings (SSSR count). The van der Waals surface area contributed by atoms with Gasteiger partial charge in [-0.25, -0.2) is 0 Å². The van der Waals surface area contributed by atoms with Crippen molar-refractivity contribution in [3.63, 3.8) is 0 Å². The van der Waals surface area contributed by atoms with Gasteiger partial charge in [-0.15, -0.1) is 0 Å². The lowest BCUT2D eigenvalue weighted by atomic mass is 9.89. The van der Waals surface area contributed by atoms with Crippen molar-refractivity contribution in [3.8, 4) is 6.07 Å². The number of hydrogen-bond donors (Lipinski definition) is 0. The summed E-state index contributed by atoms with van der Waals surface area (Å²) < 4.78 is 32.1. The van der Waals surface area contributed by atoms with Gasteiger partial charge < -0.3 is 0 Å². The average Bonchev–Trinajstić information content (AvgIpc) is 3.27. The monoisotopic (exact) mass is 508 g/mol. The van der Waals surface area contributed by atoms with Crippen LogP contribution in [0.3, 0.4) is 0 Å². The first-order chi connectivity index (χ1) is 16.5. The summed E-state index contributed by atoms with van der Waals surface area (Å²) in [5.41, 5.74) is 4.92. The number of nitrogens with zero attached hydrogens (tertiary/aromatic N) is 2. The van der Waals surface area contributed by atoms with E-state index in [2.05, 4.69) is 25.1 Å². The van der Waals surface area contributed by atoms with E-state index in [9.17, 15) is 13.7 Å². The Morgan fingerprint density at radius 1 is 0.971 bits per heavy atom. The molecule has 5 nitrogen and oxygen atoms in total. The quantitative estimate of drug-likeness (QED) is 0.284. The van der Waals surface area contributed by atoms with Gasteiger partial charge >= 0.3 is 10.1 Å². The minimum absolute atomic E-state index is 0.00480. The minimum atomic E-state index is -4.16. The van der Waals surface area contributed by atoms with Crippen LogP contribution < -0.4 is 0 Å². The van der Waals surface area contributed by atoms with E-state index < -0.39 is 10.1 Å². The fourth-order valence-electron chi connectivity index (χ4n) is 3.91. The summed E-state index contributed by atoms with van der Waals surface area (Å²) in [5, 5.41) is 14.1. The first-order valence-corrected chi connectivity index (χ1v) is 13.9. The summed E-state index contributed by atoms with van der Waals surface area (Å²) in [6.45, 7) is 14.1. The van der Waals surface area contributed by atoms with Gasteiger partial charge in [-0.1, -0.05) is 94.9 Å². The van der Waals surface area contributed by atoms with Gasteiger partial charge in [0.15, 0.2) is 0 Å². The Bertz CT molecular complexity index is 1330. The summed E-state index contributed by atoms with van der Waals surface area (Å²) in [5.74, 6) is 0.264. The normalized spacial score (nSPS) is 16.4. The van der Waals surface area contributed by atoms with E-state index in [1.54, 1.807) is 12.2 Å². The molecule has 2 aromatic carbocycles. The minimum Gasteiger partial charge on any atom is -0.264 e. The van der Waals surface area contributed by atoms with Crippen LogP contribution in [0, 0.1) is 18.3 Å². The van der Waals surface area contributed by atoms with E-state index in [4.69, 9.17) is 4.28 Å². The van der Waals surface area contributed by atoms with E-state index in [-0.39, 0.29) is 22.6 Å². The van der Waals surface area contributed by atoms with Gasteiger partial charge in [0.2, 0.25) is 0 Å². The lowest BCUT2D eigenvalue weighted by Crippen LogP contribution is -2.13. The lowest BCUT2D eigenvalue weighted by Gasteiger charge is -2.21. The molecular weight excluding hydrogens is 476 g/mol. The molecule has 0 spiro atoms. The summed E-state index contributed by atoms with van der Waals surface area (Å²) in [4.78, 5) is 0.908. The smallest absolute Gasteiger partial charge is 0.264 e. The maximum Gasteiger partial charge on any atom is 0.359 e. The number of hydrogen-bond acceptors (Lipinski definition) is 6. The maximum absolute atomic E-state index is 13.4. The molecule has 1 heterocycles. The standard InChI is InChI=1S/C28H32N2O3S2/c1-17(2)21-14-23(18(3)4)28(24(15-21)19(5)6)35(31,32)33-30-27-13-12-26(34-27)25(16-29)22-11-9-8-10-20(22)7/h8-15,17-19H,1-7H3/b26-25-,30-27-. The largest absolute Gasteiger partial charge is 0.359 e. The Kier molecular flexibility index (Phi) is 8.30. The van der Waals surface area contributed by atoms with Crippen LogP contribution in [-0.4, -0.2) is 13.5 Å². The molecule has 0 atom stereocenters. The Hall–Kier alpha value is -2.82. The highest BCUT2D eigenvalue weighted by Crippen LogP contribution is 2.38. The molecule has 7 heteroatoms. The molecule has 0 radical (unpaired) electrons. The highest BCUT2D eigenvalue weighted by molar-refractivity contribution is 8.18. The van der Waals surface area contributed by atoms with E-state index in [1.807, 2.05) is 71.0 Å². The molecule has 35 heavy (non-hydrogen) atoms. The van der Waals surface area contributed by atoms with Crippen LogP contribution in [0.15, 0.2) is 63.5 Å². The predicted molar refractivity (Wildman–Crippen MR) is 145 cm³/mol. The summed E-state index contributed by atoms with van der Waals surface area (Å²) >= 11 is 1.22. The third kappa shape index (κ3) is 5.88. The highest BCUT2D eigenvalue weighted by atomic mass is 32.2. The third-order valence-corrected chi connectivity index (χ3v) is 8.14. The Morgan fingerprint density at radius 3 is 2.09 bits per heavy atom. The molecule has 0 N–H and O–H groups in total. The van der Waals surface area contributed by atoms with Crippen LogP contribution in [0.4, 0.5) is 0 Å². The SMILES string of the molecule is Cc1ccccc1/C(C#N)=C1C=C/C(=N/OS(=O)(=O)c2c(C(C)C)cc(C(C)C)cc2C(C)C)S/1. The van der Waals surface area contributed by atoms with Crippen molar-refractivity contribution in [1.29, 1.82) is 5.26 Å². The lowest BCUT2D eigenvalue weighted by molar-refractivity contribution is 0.339. The van der Waals surface area contributed by atoms with Gasteiger partial charge in [0.05, 0.1) is 5.57 Å². The molecule has 184 valence electrons. The van der Waals surface area contributed by atoms with Gasteiger partial charge in [0, 0.05) is 4.91 Å². The molecule has 0 bridgehead atoms. The molecule has 1 aliphatic heterocycles. The first kappa shape index (κ1) is 26.8. The predicted octanol–water partition coefficient (Wildman–Crippen LogP) is 7.62. The Labute approximate surface area is 213 Å². The Balaban J connectivity index is 1.98. The molecule has 0 aliphatic carbocycles. The molecule has 0 unspecified atom stereocenters. The maximum atomic E-state index is 13.4.